The number of ether oxygens (including phenoxy) is 2. The summed E-state index contributed by atoms with van der Waals surface area (Å²) in [7, 11) is 3.28. The van der Waals surface area contributed by atoms with Crippen molar-refractivity contribution in [1.29, 1.82) is 0 Å². The third kappa shape index (κ3) is 22.7. The van der Waals surface area contributed by atoms with Crippen molar-refractivity contribution >= 4 is 17.7 Å². The van der Waals surface area contributed by atoms with E-state index in [2.05, 4.69) is 34.6 Å². The molecule has 1 unspecified atom stereocenters. The van der Waals surface area contributed by atoms with E-state index in [4.69, 9.17) is 9.47 Å². The molecule has 3 aromatic rings. The summed E-state index contributed by atoms with van der Waals surface area (Å²) in [5.41, 5.74) is 4.00. The van der Waals surface area contributed by atoms with E-state index in [1.54, 1.807) is 7.11 Å². The normalized spacial score (nSPS) is 12.0. The Morgan fingerprint density at radius 1 is 0.816 bits per heavy atom. The van der Waals surface area contributed by atoms with Crippen LogP contribution >= 0.6 is 0 Å². The minimum Gasteiger partial charge on any atom is -0.656 e. The molecule has 4 rings (SSSR count). The number of hydrogen-bond acceptors (Lipinski definition) is 5. The monoisotopic (exact) mass is 754 g/mol. The first-order valence-electron chi connectivity index (χ1n) is 17.6. The number of nitrogens with zero attached hydrogens (tertiary/aromatic N) is 2. The molecular formula is C41H67N3O4Y-2. The molecule has 275 valence electrons. The molecular weight excluding hydrogens is 687 g/mol. The Balaban J connectivity index is -0.000000406. The van der Waals surface area contributed by atoms with Crippen LogP contribution < -0.4 is 5.32 Å². The number of anilines is 1. The second-order valence-corrected chi connectivity index (χ2v) is 9.39. The first-order valence-corrected chi connectivity index (χ1v) is 17.6. The van der Waals surface area contributed by atoms with Gasteiger partial charge < -0.3 is 31.9 Å². The maximum atomic E-state index is 12.4. The zero-order chi connectivity index (χ0) is 35.9. The van der Waals surface area contributed by atoms with E-state index in [0.29, 0.717) is 13.0 Å². The molecule has 8 heteroatoms. The Morgan fingerprint density at radius 2 is 1.31 bits per heavy atom. The van der Waals surface area contributed by atoms with Gasteiger partial charge in [0.15, 0.2) is 0 Å². The molecule has 1 saturated heterocycles. The standard InChI is InChI=1S/C22H27N3O3.C10H14O.4C2H6.CH3.Y/c1-23-21(26)13-16-25-14-11-18(12-15-25)28-22(27)24-20-10-6-5-9-19(20)17-7-3-2-4-8-17;1-3-10(11-2)9-7-5-4-6-8-9;4*1-2;;/h2-10,18H,11-16H2,1H3,(H2,23,24,26,27);4-8,10H,3H2,1-2H3;4*1-2H3;1H3;/q;;;;;;-1;/p-1. The van der Waals surface area contributed by atoms with Crippen molar-refractivity contribution in [1.82, 2.24) is 4.90 Å². The summed E-state index contributed by atoms with van der Waals surface area (Å²) >= 11 is 0. The van der Waals surface area contributed by atoms with Crippen LogP contribution in [-0.4, -0.2) is 56.8 Å². The molecule has 1 atom stereocenters. The van der Waals surface area contributed by atoms with Crippen LogP contribution in [0.4, 0.5) is 10.5 Å². The van der Waals surface area contributed by atoms with E-state index in [1.165, 1.54) is 12.6 Å². The van der Waals surface area contributed by atoms with Gasteiger partial charge in [0.1, 0.15) is 6.10 Å². The topological polar surface area (TPSA) is 82.0 Å². The Labute approximate surface area is 326 Å². The van der Waals surface area contributed by atoms with Crippen molar-refractivity contribution in [3.63, 3.8) is 0 Å². The fourth-order valence-corrected chi connectivity index (χ4v) is 4.57. The summed E-state index contributed by atoms with van der Waals surface area (Å²) in [5, 5.41) is 6.54. The number of hydrogen-bond donors (Lipinski definition) is 1. The molecule has 0 spiro atoms. The molecule has 0 saturated carbocycles. The molecule has 1 radical (unpaired) electrons. The van der Waals surface area contributed by atoms with Crippen LogP contribution in [0.2, 0.25) is 0 Å². The Kier molecular flexibility index (Phi) is 39.9. The molecule has 1 aliphatic rings. The van der Waals surface area contributed by atoms with E-state index in [9.17, 15) is 9.59 Å². The van der Waals surface area contributed by atoms with Gasteiger partial charge in [-0.1, -0.05) is 141 Å². The third-order valence-electron chi connectivity index (χ3n) is 6.77. The summed E-state index contributed by atoms with van der Waals surface area (Å²) in [6.07, 6.45) is 2.74. The number of benzene rings is 3. The number of methoxy groups -OCH3 is 1. The van der Waals surface area contributed by atoms with Crippen molar-refractivity contribution < 1.29 is 51.8 Å². The van der Waals surface area contributed by atoms with Crippen LogP contribution in [0.5, 0.6) is 0 Å². The van der Waals surface area contributed by atoms with E-state index >= 15 is 0 Å². The van der Waals surface area contributed by atoms with Crippen LogP contribution in [0, 0.1) is 7.43 Å². The van der Waals surface area contributed by atoms with Gasteiger partial charge in [-0.3, -0.25) is 5.32 Å². The number of carbonyl (C=O) groups is 2. The minimum absolute atomic E-state index is 0. The van der Waals surface area contributed by atoms with Crippen molar-refractivity contribution in [3.8, 4) is 11.1 Å². The first-order chi connectivity index (χ1) is 23.0. The van der Waals surface area contributed by atoms with Crippen LogP contribution in [0.3, 0.4) is 0 Å². The van der Waals surface area contributed by atoms with E-state index in [-0.39, 0.29) is 58.3 Å². The molecule has 0 bridgehead atoms. The van der Waals surface area contributed by atoms with Gasteiger partial charge in [-0.2, -0.15) is 0 Å². The quantitative estimate of drug-likeness (QED) is 0.220. The van der Waals surface area contributed by atoms with Crippen LogP contribution in [0.15, 0.2) is 84.9 Å². The van der Waals surface area contributed by atoms with Gasteiger partial charge in [0.2, 0.25) is 0 Å². The van der Waals surface area contributed by atoms with Gasteiger partial charge >= 0.3 is 6.09 Å². The summed E-state index contributed by atoms with van der Waals surface area (Å²) in [6.45, 7) is 20.5. The molecule has 7 nitrogen and oxygen atoms in total. The second kappa shape index (κ2) is 36.7. The fraction of sp³-hybridized carbons (Fsp3) is 0.488. The average molecular weight is 755 g/mol. The molecule has 1 fully saturated rings. The van der Waals surface area contributed by atoms with Gasteiger partial charge in [-0.05, 0) is 36.5 Å². The van der Waals surface area contributed by atoms with Crippen LogP contribution in [0.1, 0.15) is 99.7 Å². The number of nitrogens with one attached hydrogen (secondary N) is 1. The van der Waals surface area contributed by atoms with Crippen LogP contribution in [0.25, 0.3) is 16.4 Å². The third-order valence-corrected chi connectivity index (χ3v) is 6.77. The minimum atomic E-state index is -0.429. The maximum absolute atomic E-state index is 12.4. The number of rotatable bonds is 9. The Bertz CT molecular complexity index is 1140. The van der Waals surface area contributed by atoms with Gasteiger partial charge in [-0.15, -0.1) is 7.05 Å². The van der Waals surface area contributed by atoms with E-state index in [0.717, 1.165) is 49.2 Å². The predicted molar refractivity (Wildman–Crippen MR) is 209 cm³/mol. The van der Waals surface area contributed by atoms with Crippen molar-refractivity contribution in [2.24, 2.45) is 0 Å². The zero-order valence-electron chi connectivity index (χ0n) is 32.8. The molecule has 3 aromatic carbocycles. The van der Waals surface area contributed by atoms with E-state index in [1.807, 2.05) is 128 Å². The van der Waals surface area contributed by atoms with Crippen molar-refractivity contribution in [3.05, 3.63) is 103 Å². The summed E-state index contributed by atoms with van der Waals surface area (Å²) in [5.74, 6) is -0.0742. The first kappa shape index (κ1) is 53.2. The van der Waals surface area contributed by atoms with Gasteiger partial charge in [0, 0.05) is 71.4 Å². The number of para-hydroxylation sites is 1. The Hall–Kier alpha value is -2.58. The Morgan fingerprint density at radius 3 is 1.80 bits per heavy atom. The largest absolute Gasteiger partial charge is 0.656 e. The van der Waals surface area contributed by atoms with Crippen molar-refractivity contribution in [2.75, 3.05) is 39.1 Å². The van der Waals surface area contributed by atoms with Gasteiger partial charge in [0.25, 0.3) is 0 Å². The predicted octanol–water partition coefficient (Wildman–Crippen LogP) is 11.6. The average Bonchev–Trinajstić information content (AvgIpc) is 3.16. The van der Waals surface area contributed by atoms with Gasteiger partial charge in [-0.25, -0.2) is 4.79 Å². The molecule has 2 amide bonds. The molecule has 0 aromatic heterocycles. The molecule has 1 heterocycles. The fourth-order valence-electron chi connectivity index (χ4n) is 4.57. The summed E-state index contributed by atoms with van der Waals surface area (Å²) in [4.78, 5) is 25.9. The summed E-state index contributed by atoms with van der Waals surface area (Å²) in [6, 6.07) is 27.9. The number of likely N-dealkylation sites (tertiary alicyclic amines) is 1. The molecule has 49 heavy (non-hydrogen) atoms. The second-order valence-electron chi connectivity index (χ2n) is 9.39. The number of amides is 2. The smallest absolute Gasteiger partial charge is 0.411 e. The maximum Gasteiger partial charge on any atom is 0.411 e. The number of piperidine rings is 1. The van der Waals surface area contributed by atoms with Crippen molar-refractivity contribution in [2.45, 2.75) is 100 Å². The number of carbonyl (C=O) groups excluding carboxylic acids is 2. The molecule has 1 aliphatic heterocycles. The van der Waals surface area contributed by atoms with Crippen LogP contribution in [-0.2, 0) is 47.0 Å². The van der Waals surface area contributed by atoms with Gasteiger partial charge in [0.05, 0.1) is 17.7 Å². The summed E-state index contributed by atoms with van der Waals surface area (Å²) < 4.78 is 10.9. The SMILES string of the molecule is CC.CC.CC.CC.CCC(OC)c1ccccc1.C[N-]C(=O)CCN1CCC(OC(=O)Nc2ccccc2-c2ccccc2)CC1.[CH3-].[Y]. The molecule has 0 aliphatic carbocycles. The van der Waals surface area contributed by atoms with E-state index < -0.39 is 6.09 Å². The molecule has 1 N–H and O–H groups in total. The zero-order valence-corrected chi connectivity index (χ0v) is 35.6.